The maximum Gasteiger partial charge on any atom is 0.142 e. The molecule has 0 atom stereocenters. The summed E-state index contributed by atoms with van der Waals surface area (Å²) >= 11 is 6.32. The van der Waals surface area contributed by atoms with Crippen LogP contribution in [-0.4, -0.2) is 21.2 Å². The fourth-order valence-electron chi connectivity index (χ4n) is 2.25. The maximum absolute atomic E-state index is 6.32. The average Bonchev–Trinajstić information content (AvgIpc) is 2.48. The number of nitrogens with zero attached hydrogens (tertiary/aromatic N) is 1. The lowest BCUT2D eigenvalue weighted by Crippen LogP contribution is -2.16. The van der Waals surface area contributed by atoms with E-state index >= 15 is 0 Å². The van der Waals surface area contributed by atoms with E-state index in [1.54, 1.807) is 7.11 Å². The number of nitrogens with one attached hydrogen (secondary N) is 1. The van der Waals surface area contributed by atoms with Gasteiger partial charge < -0.3 is 15.0 Å². The highest BCUT2D eigenvalue weighted by Gasteiger charge is 2.14. The molecule has 0 radical (unpaired) electrons. The SMILES string of the molecule is CNCc1c(Cl)cccc1N(C)c1ccccc1OC. The third-order valence-electron chi connectivity index (χ3n) is 3.26. The minimum absolute atomic E-state index is 0.717. The van der Waals surface area contributed by atoms with E-state index in [4.69, 9.17) is 16.3 Å². The van der Waals surface area contributed by atoms with Gasteiger partial charge in [-0.1, -0.05) is 29.8 Å². The van der Waals surface area contributed by atoms with Crippen LogP contribution in [0.1, 0.15) is 5.56 Å². The molecule has 0 heterocycles. The van der Waals surface area contributed by atoms with Crippen molar-refractivity contribution in [2.45, 2.75) is 6.54 Å². The van der Waals surface area contributed by atoms with Gasteiger partial charge in [-0.2, -0.15) is 0 Å². The number of halogens is 1. The van der Waals surface area contributed by atoms with Crippen LogP contribution in [0.2, 0.25) is 5.02 Å². The van der Waals surface area contributed by atoms with Crippen LogP contribution in [0.25, 0.3) is 0 Å². The summed E-state index contributed by atoms with van der Waals surface area (Å²) < 4.78 is 5.43. The zero-order valence-corrected chi connectivity index (χ0v) is 12.7. The molecule has 0 aromatic heterocycles. The molecule has 2 rings (SSSR count). The molecule has 0 aliphatic rings. The third kappa shape index (κ3) is 2.89. The summed E-state index contributed by atoms with van der Waals surface area (Å²) in [5.74, 6) is 0.838. The zero-order chi connectivity index (χ0) is 14.5. The fraction of sp³-hybridized carbons (Fsp3) is 0.250. The molecule has 20 heavy (non-hydrogen) atoms. The second-order valence-corrected chi connectivity index (χ2v) is 4.91. The fourth-order valence-corrected chi connectivity index (χ4v) is 2.49. The van der Waals surface area contributed by atoms with Crippen molar-refractivity contribution in [3.63, 3.8) is 0 Å². The second-order valence-electron chi connectivity index (χ2n) is 4.50. The molecule has 2 aromatic rings. The first-order chi connectivity index (χ1) is 9.69. The van der Waals surface area contributed by atoms with Crippen LogP contribution >= 0.6 is 11.6 Å². The van der Waals surface area contributed by atoms with Crippen LogP contribution in [0.5, 0.6) is 5.75 Å². The predicted octanol–water partition coefficient (Wildman–Crippen LogP) is 3.84. The Bertz CT molecular complexity index is 586. The predicted molar refractivity (Wildman–Crippen MR) is 85.3 cm³/mol. The third-order valence-corrected chi connectivity index (χ3v) is 3.61. The van der Waals surface area contributed by atoms with E-state index in [1.165, 1.54) is 0 Å². The summed E-state index contributed by atoms with van der Waals surface area (Å²) in [5.41, 5.74) is 3.15. The van der Waals surface area contributed by atoms with Crippen LogP contribution in [0.15, 0.2) is 42.5 Å². The van der Waals surface area contributed by atoms with Gasteiger partial charge in [-0.15, -0.1) is 0 Å². The lowest BCUT2D eigenvalue weighted by atomic mass is 10.1. The van der Waals surface area contributed by atoms with Gasteiger partial charge >= 0.3 is 0 Å². The molecule has 0 saturated heterocycles. The molecule has 0 aliphatic carbocycles. The van der Waals surface area contributed by atoms with Crippen LogP contribution in [0.4, 0.5) is 11.4 Å². The standard InChI is InChI=1S/C16H19ClN2O/c1-18-11-12-13(17)7-6-9-14(12)19(2)15-8-4-5-10-16(15)20-3/h4-10,18H,11H2,1-3H3. The van der Waals surface area contributed by atoms with E-state index in [2.05, 4.69) is 16.3 Å². The molecule has 0 unspecified atom stereocenters. The molecule has 3 nitrogen and oxygen atoms in total. The highest BCUT2D eigenvalue weighted by molar-refractivity contribution is 6.31. The number of benzene rings is 2. The Morgan fingerprint density at radius 3 is 2.50 bits per heavy atom. The van der Waals surface area contributed by atoms with Crippen LogP contribution in [0.3, 0.4) is 0 Å². The van der Waals surface area contributed by atoms with Crippen LogP contribution in [-0.2, 0) is 6.54 Å². The van der Waals surface area contributed by atoms with E-state index < -0.39 is 0 Å². The lowest BCUT2D eigenvalue weighted by molar-refractivity contribution is 0.415. The number of hydrogen-bond donors (Lipinski definition) is 1. The van der Waals surface area contributed by atoms with Crippen molar-refractivity contribution in [2.24, 2.45) is 0 Å². The minimum Gasteiger partial charge on any atom is -0.495 e. The average molecular weight is 291 g/mol. The topological polar surface area (TPSA) is 24.5 Å². The van der Waals surface area contributed by atoms with Crippen LogP contribution < -0.4 is 15.0 Å². The quantitative estimate of drug-likeness (QED) is 0.905. The highest BCUT2D eigenvalue weighted by Crippen LogP contribution is 2.36. The number of ether oxygens (including phenoxy) is 1. The van der Waals surface area contributed by atoms with Gasteiger partial charge in [-0.3, -0.25) is 0 Å². The Morgan fingerprint density at radius 1 is 1.10 bits per heavy atom. The summed E-state index contributed by atoms with van der Waals surface area (Å²) in [6.07, 6.45) is 0. The van der Waals surface area contributed by atoms with Crippen molar-refractivity contribution in [1.82, 2.24) is 5.32 Å². The molecule has 4 heteroatoms. The summed E-state index contributed by atoms with van der Waals surface area (Å²) in [6.45, 7) is 0.717. The van der Waals surface area contributed by atoms with E-state index in [1.807, 2.05) is 50.5 Å². The molecular weight excluding hydrogens is 272 g/mol. The summed E-state index contributed by atoms with van der Waals surface area (Å²) in [4.78, 5) is 2.09. The Hall–Kier alpha value is -1.71. The number of anilines is 2. The Balaban J connectivity index is 2.48. The number of hydrogen-bond acceptors (Lipinski definition) is 3. The highest BCUT2D eigenvalue weighted by atomic mass is 35.5. The first-order valence-electron chi connectivity index (χ1n) is 6.47. The Kier molecular flexibility index (Phi) is 4.88. The second kappa shape index (κ2) is 6.64. The summed E-state index contributed by atoms with van der Waals surface area (Å²) in [5, 5.41) is 3.92. The van der Waals surface area contributed by atoms with Gasteiger partial charge in [0.25, 0.3) is 0 Å². The van der Waals surface area contributed by atoms with E-state index in [0.29, 0.717) is 6.54 Å². The van der Waals surface area contributed by atoms with Crippen molar-refractivity contribution in [3.05, 3.63) is 53.1 Å². The Labute approximate surface area is 125 Å². The number of rotatable bonds is 5. The Morgan fingerprint density at radius 2 is 1.80 bits per heavy atom. The molecule has 0 saturated carbocycles. The molecule has 0 fully saturated rings. The van der Waals surface area contributed by atoms with E-state index in [9.17, 15) is 0 Å². The molecule has 1 N–H and O–H groups in total. The summed E-state index contributed by atoms with van der Waals surface area (Å²) in [6, 6.07) is 13.9. The van der Waals surface area contributed by atoms with E-state index in [0.717, 1.165) is 27.7 Å². The monoisotopic (exact) mass is 290 g/mol. The van der Waals surface area contributed by atoms with Crippen molar-refractivity contribution < 1.29 is 4.74 Å². The zero-order valence-electron chi connectivity index (χ0n) is 12.0. The summed E-state index contributed by atoms with van der Waals surface area (Å²) in [7, 11) is 5.61. The van der Waals surface area contributed by atoms with Crippen molar-refractivity contribution in [3.8, 4) is 5.75 Å². The van der Waals surface area contributed by atoms with Crippen LogP contribution in [0, 0.1) is 0 Å². The van der Waals surface area contributed by atoms with Gasteiger partial charge in [-0.05, 0) is 31.3 Å². The lowest BCUT2D eigenvalue weighted by Gasteiger charge is -2.25. The largest absolute Gasteiger partial charge is 0.495 e. The van der Waals surface area contributed by atoms with Crippen molar-refractivity contribution in [1.29, 1.82) is 0 Å². The van der Waals surface area contributed by atoms with Gasteiger partial charge in [0.2, 0.25) is 0 Å². The normalized spacial score (nSPS) is 10.4. The molecule has 2 aromatic carbocycles. The molecular formula is C16H19ClN2O. The van der Waals surface area contributed by atoms with Crippen molar-refractivity contribution >= 4 is 23.0 Å². The van der Waals surface area contributed by atoms with Gasteiger partial charge in [0.05, 0.1) is 12.8 Å². The maximum atomic E-state index is 6.32. The van der Waals surface area contributed by atoms with E-state index in [-0.39, 0.29) is 0 Å². The van der Waals surface area contributed by atoms with Gasteiger partial charge in [0.15, 0.2) is 0 Å². The molecule has 106 valence electrons. The molecule has 0 aliphatic heterocycles. The minimum atomic E-state index is 0.717. The smallest absolute Gasteiger partial charge is 0.142 e. The van der Waals surface area contributed by atoms with Crippen molar-refractivity contribution in [2.75, 3.05) is 26.1 Å². The number of methoxy groups -OCH3 is 1. The molecule has 0 amide bonds. The first kappa shape index (κ1) is 14.7. The molecule has 0 spiro atoms. The van der Waals surface area contributed by atoms with Gasteiger partial charge in [0, 0.05) is 29.9 Å². The molecule has 0 bridgehead atoms. The first-order valence-corrected chi connectivity index (χ1v) is 6.85. The number of para-hydroxylation sites is 2. The van der Waals surface area contributed by atoms with Gasteiger partial charge in [0.1, 0.15) is 5.75 Å². The van der Waals surface area contributed by atoms with Gasteiger partial charge in [-0.25, -0.2) is 0 Å².